The second-order valence-electron chi connectivity index (χ2n) is 4.83. The summed E-state index contributed by atoms with van der Waals surface area (Å²) < 4.78 is 0. The molecule has 2 atom stereocenters. The van der Waals surface area contributed by atoms with Crippen molar-refractivity contribution in [3.05, 3.63) is 0 Å². The topological polar surface area (TPSA) is 104 Å². The highest BCUT2D eigenvalue weighted by Crippen LogP contribution is 2.26. The minimum Gasteiger partial charge on any atom is -0.480 e. The third-order valence-electron chi connectivity index (χ3n) is 3.16. The molecule has 4 N–H and O–H groups in total. The maximum Gasteiger partial charge on any atom is 0.323 e. The number of carbonyl (C=O) groups is 2. The molecule has 1 unspecified atom stereocenters. The molecule has 0 bridgehead atoms. The molecule has 0 aliphatic heterocycles. The van der Waals surface area contributed by atoms with Crippen LogP contribution >= 0.6 is 12.6 Å². The number of carbonyl (C=O) groups excluding carboxylic acids is 1. The zero-order valence-electron chi connectivity index (χ0n) is 11.5. The average molecular weight is 292 g/mol. The van der Waals surface area contributed by atoms with Crippen LogP contribution in [0.4, 0.5) is 0 Å². The Bertz CT molecular complexity index is 306. The van der Waals surface area contributed by atoms with Gasteiger partial charge in [0.05, 0.1) is 6.04 Å². The normalized spacial score (nSPS) is 15.6. The lowest BCUT2D eigenvalue weighted by atomic mass is 9.89. The first-order valence-electron chi connectivity index (χ1n) is 6.33. The van der Waals surface area contributed by atoms with Gasteiger partial charge in [-0.3, -0.25) is 9.59 Å². The van der Waals surface area contributed by atoms with Crippen molar-refractivity contribution in [2.45, 2.75) is 44.7 Å². The molecule has 0 saturated carbocycles. The maximum absolute atomic E-state index is 12.2. The van der Waals surface area contributed by atoms with E-state index in [4.69, 9.17) is 15.9 Å². The molecule has 0 radical (unpaired) electrons. The van der Waals surface area contributed by atoms with Crippen LogP contribution in [0.25, 0.3) is 0 Å². The number of carboxylic acids is 1. The van der Waals surface area contributed by atoms with Gasteiger partial charge in [-0.15, -0.1) is 0 Å². The Hall–Kier alpha value is -0.790. The number of rotatable bonds is 9. The summed E-state index contributed by atoms with van der Waals surface area (Å²) in [4.78, 5) is 24.4. The van der Waals surface area contributed by atoms with Crippen molar-refractivity contribution in [1.29, 1.82) is 0 Å². The number of aliphatic carboxylic acids is 1. The molecule has 0 aromatic rings. The lowest BCUT2D eigenvalue weighted by Crippen LogP contribution is -2.57. The largest absolute Gasteiger partial charge is 0.480 e. The van der Waals surface area contributed by atoms with E-state index in [1.807, 2.05) is 6.92 Å². The van der Waals surface area contributed by atoms with Crippen LogP contribution in [0.3, 0.4) is 0 Å². The number of nitrogens with zero attached hydrogens (tertiary/aromatic N) is 1. The first-order chi connectivity index (χ1) is 8.82. The molecular formula is C12H24N2O4S. The summed E-state index contributed by atoms with van der Waals surface area (Å²) in [5, 5.41) is 18.1. The van der Waals surface area contributed by atoms with Crippen LogP contribution in [0.5, 0.6) is 0 Å². The van der Waals surface area contributed by atoms with Crippen LogP contribution in [0.1, 0.15) is 33.1 Å². The number of hydrogen-bond acceptors (Lipinski definition) is 5. The summed E-state index contributed by atoms with van der Waals surface area (Å²) in [5.41, 5.74) is 4.95. The van der Waals surface area contributed by atoms with Gasteiger partial charge in [0.2, 0.25) is 5.91 Å². The standard InChI is InChI=1S/C12H24N2O4S/c1-3-4-12(2,5-6-15)14(7-10(16)17)11(18)9(13)8-19/h9,15,19H,3-8,13H2,1-2H3,(H,16,17)/t9-,12?/m0/s1. The highest BCUT2D eigenvalue weighted by Gasteiger charge is 2.37. The molecule has 1 amide bonds. The van der Waals surface area contributed by atoms with Crippen molar-refractivity contribution in [1.82, 2.24) is 4.90 Å². The summed E-state index contributed by atoms with van der Waals surface area (Å²) in [6.07, 6.45) is 1.70. The van der Waals surface area contributed by atoms with Gasteiger partial charge in [0.1, 0.15) is 6.54 Å². The zero-order valence-corrected chi connectivity index (χ0v) is 12.4. The van der Waals surface area contributed by atoms with Gasteiger partial charge in [0, 0.05) is 17.9 Å². The molecule has 0 aliphatic rings. The van der Waals surface area contributed by atoms with Crippen molar-refractivity contribution in [2.75, 3.05) is 18.9 Å². The van der Waals surface area contributed by atoms with E-state index in [2.05, 4.69) is 12.6 Å². The first kappa shape index (κ1) is 18.2. The van der Waals surface area contributed by atoms with Gasteiger partial charge in [-0.25, -0.2) is 0 Å². The van der Waals surface area contributed by atoms with Crippen molar-refractivity contribution >= 4 is 24.5 Å². The Morgan fingerprint density at radius 2 is 2.00 bits per heavy atom. The summed E-state index contributed by atoms with van der Waals surface area (Å²) in [6.45, 7) is 3.18. The van der Waals surface area contributed by atoms with Gasteiger partial charge >= 0.3 is 5.97 Å². The Morgan fingerprint density at radius 3 is 2.37 bits per heavy atom. The minimum absolute atomic E-state index is 0.115. The predicted octanol–water partition coefficient (Wildman–Crippen LogP) is 0.0979. The summed E-state index contributed by atoms with van der Waals surface area (Å²) >= 11 is 3.97. The Balaban J connectivity index is 5.27. The molecule has 0 heterocycles. The van der Waals surface area contributed by atoms with Crippen molar-refractivity contribution in [2.24, 2.45) is 5.73 Å². The van der Waals surface area contributed by atoms with Gasteiger partial charge in [0.25, 0.3) is 0 Å². The highest BCUT2D eigenvalue weighted by atomic mass is 32.1. The number of carboxylic acid groups (broad SMARTS) is 1. The molecule has 0 saturated heterocycles. The number of aliphatic hydroxyl groups excluding tert-OH is 1. The van der Waals surface area contributed by atoms with E-state index in [0.717, 1.165) is 6.42 Å². The van der Waals surface area contributed by atoms with Gasteiger partial charge in [0.15, 0.2) is 0 Å². The number of hydrogen-bond donors (Lipinski definition) is 4. The fourth-order valence-electron chi connectivity index (χ4n) is 2.12. The molecular weight excluding hydrogens is 268 g/mol. The van der Waals surface area contributed by atoms with Crippen molar-refractivity contribution in [3.63, 3.8) is 0 Å². The smallest absolute Gasteiger partial charge is 0.323 e. The third kappa shape index (κ3) is 5.38. The molecule has 0 spiro atoms. The van der Waals surface area contributed by atoms with E-state index >= 15 is 0 Å². The minimum atomic E-state index is -1.10. The van der Waals surface area contributed by atoms with Crippen LogP contribution < -0.4 is 5.73 Å². The van der Waals surface area contributed by atoms with E-state index in [1.165, 1.54) is 4.90 Å². The summed E-state index contributed by atoms with van der Waals surface area (Å²) in [6, 6.07) is -0.836. The second-order valence-corrected chi connectivity index (χ2v) is 5.19. The van der Waals surface area contributed by atoms with Crippen LogP contribution in [-0.4, -0.2) is 57.5 Å². The van der Waals surface area contributed by atoms with Crippen LogP contribution in [0.2, 0.25) is 0 Å². The van der Waals surface area contributed by atoms with Crippen LogP contribution in [0.15, 0.2) is 0 Å². The molecule has 7 heteroatoms. The van der Waals surface area contributed by atoms with E-state index in [1.54, 1.807) is 6.92 Å². The van der Waals surface area contributed by atoms with E-state index < -0.39 is 30.0 Å². The fraction of sp³-hybridized carbons (Fsp3) is 0.833. The molecule has 0 aromatic heterocycles. The monoisotopic (exact) mass is 292 g/mol. The molecule has 6 nitrogen and oxygen atoms in total. The highest BCUT2D eigenvalue weighted by molar-refractivity contribution is 7.80. The predicted molar refractivity (Wildman–Crippen MR) is 76.2 cm³/mol. The van der Waals surface area contributed by atoms with Gasteiger partial charge in [-0.1, -0.05) is 13.3 Å². The molecule has 0 aromatic carbocycles. The van der Waals surface area contributed by atoms with Crippen molar-refractivity contribution in [3.8, 4) is 0 Å². The number of nitrogens with two attached hydrogens (primary N) is 1. The van der Waals surface area contributed by atoms with E-state index in [-0.39, 0.29) is 12.4 Å². The van der Waals surface area contributed by atoms with Gasteiger partial charge < -0.3 is 20.8 Å². The van der Waals surface area contributed by atoms with E-state index in [9.17, 15) is 9.59 Å². The van der Waals surface area contributed by atoms with Gasteiger partial charge in [-0.05, 0) is 19.8 Å². The number of amides is 1. The molecule has 0 fully saturated rings. The van der Waals surface area contributed by atoms with Crippen molar-refractivity contribution < 1.29 is 19.8 Å². The SMILES string of the molecule is CCCC(C)(CCO)N(CC(=O)O)C(=O)[C@@H](N)CS. The maximum atomic E-state index is 12.2. The first-order valence-corrected chi connectivity index (χ1v) is 6.96. The summed E-state index contributed by atoms with van der Waals surface area (Å²) in [7, 11) is 0. The third-order valence-corrected chi connectivity index (χ3v) is 3.56. The molecule has 19 heavy (non-hydrogen) atoms. The molecule has 0 rings (SSSR count). The van der Waals surface area contributed by atoms with Crippen LogP contribution in [0, 0.1) is 0 Å². The van der Waals surface area contributed by atoms with Gasteiger partial charge in [-0.2, -0.15) is 12.6 Å². The number of aliphatic hydroxyl groups is 1. The second kappa shape index (κ2) is 8.39. The average Bonchev–Trinajstić information content (AvgIpc) is 2.34. The lowest BCUT2D eigenvalue weighted by molar-refractivity contribution is -0.150. The molecule has 112 valence electrons. The Kier molecular flexibility index (Phi) is 8.05. The number of thiol groups is 1. The molecule has 0 aliphatic carbocycles. The zero-order chi connectivity index (χ0) is 15.1. The summed E-state index contributed by atoms with van der Waals surface area (Å²) in [5.74, 6) is -1.39. The van der Waals surface area contributed by atoms with Crippen LogP contribution in [-0.2, 0) is 9.59 Å². The van der Waals surface area contributed by atoms with E-state index in [0.29, 0.717) is 12.8 Å². The fourth-order valence-corrected chi connectivity index (χ4v) is 2.28. The lowest BCUT2D eigenvalue weighted by Gasteiger charge is -2.41. The Labute approximate surface area is 119 Å². The Morgan fingerprint density at radius 1 is 1.42 bits per heavy atom. The quantitative estimate of drug-likeness (QED) is 0.451.